The average Bonchev–Trinajstić information content (AvgIpc) is 2.38. The van der Waals surface area contributed by atoms with Crippen molar-refractivity contribution in [2.45, 2.75) is 46.6 Å². The fourth-order valence-electron chi connectivity index (χ4n) is 2.74. The maximum Gasteiger partial charge on any atom is 0.225 e. The number of hydrogen-bond acceptors (Lipinski definition) is 3. The monoisotopic (exact) mass is 271 g/mol. The largest absolute Gasteiger partial charge is 0.396 e. The first-order valence-electron chi connectivity index (χ1n) is 7.46. The summed E-state index contributed by atoms with van der Waals surface area (Å²) in [7, 11) is 0. The lowest BCUT2D eigenvalue weighted by molar-refractivity contribution is -0.130. The number of rotatable bonds is 6. The summed E-state index contributed by atoms with van der Waals surface area (Å²) in [5, 5.41) is 12.7. The molecule has 112 valence electrons. The Balaban J connectivity index is 2.64. The van der Waals surface area contributed by atoms with Crippen LogP contribution >= 0.6 is 0 Å². The van der Waals surface area contributed by atoms with Crippen molar-refractivity contribution in [1.29, 1.82) is 0 Å². The van der Waals surface area contributed by atoms with Crippen LogP contribution in [0.15, 0.2) is 0 Å². The van der Waals surface area contributed by atoms with Gasteiger partial charge in [-0.3, -0.25) is 4.79 Å². The highest BCUT2D eigenvalue weighted by atomic mass is 16.5. The lowest BCUT2D eigenvalue weighted by atomic mass is 9.82. The van der Waals surface area contributed by atoms with Gasteiger partial charge < -0.3 is 15.2 Å². The van der Waals surface area contributed by atoms with Crippen molar-refractivity contribution >= 4 is 5.91 Å². The van der Waals surface area contributed by atoms with Crippen molar-refractivity contribution in [2.24, 2.45) is 23.7 Å². The highest BCUT2D eigenvalue weighted by Crippen LogP contribution is 2.22. The van der Waals surface area contributed by atoms with Crippen LogP contribution in [0, 0.1) is 23.7 Å². The Hall–Kier alpha value is -0.610. The second-order valence-corrected chi connectivity index (χ2v) is 6.28. The van der Waals surface area contributed by atoms with Gasteiger partial charge in [-0.25, -0.2) is 0 Å². The molecule has 0 radical (unpaired) electrons. The number of carbonyl (C=O) groups excluding carboxylic acids is 1. The number of carbonyl (C=O) groups is 1. The lowest BCUT2D eigenvalue weighted by Crippen LogP contribution is -2.49. The maximum absolute atomic E-state index is 12.3. The molecule has 4 heteroatoms. The molecular formula is C15H29NO3. The Labute approximate surface area is 116 Å². The average molecular weight is 271 g/mol. The van der Waals surface area contributed by atoms with E-state index in [4.69, 9.17) is 4.74 Å². The Kier molecular flexibility index (Phi) is 6.80. The smallest absolute Gasteiger partial charge is 0.225 e. The molecule has 2 N–H and O–H groups in total. The second kappa shape index (κ2) is 7.85. The Morgan fingerprint density at radius 3 is 2.42 bits per heavy atom. The van der Waals surface area contributed by atoms with E-state index in [-0.39, 0.29) is 30.4 Å². The fraction of sp³-hybridized carbons (Fsp3) is 0.933. The van der Waals surface area contributed by atoms with Gasteiger partial charge in [-0.2, -0.15) is 0 Å². The Morgan fingerprint density at radius 1 is 1.32 bits per heavy atom. The van der Waals surface area contributed by atoms with Gasteiger partial charge in [0, 0.05) is 25.2 Å². The Bertz CT molecular complexity index is 273. The van der Waals surface area contributed by atoms with E-state index in [2.05, 4.69) is 33.0 Å². The quantitative estimate of drug-likeness (QED) is 0.774. The lowest BCUT2D eigenvalue weighted by Gasteiger charge is -2.34. The van der Waals surface area contributed by atoms with Gasteiger partial charge in [0.1, 0.15) is 0 Å². The number of ether oxygens (including phenoxy) is 1. The predicted octanol–water partition coefficient (Wildman–Crippen LogP) is 1.82. The number of amides is 1. The number of nitrogens with one attached hydrogen (secondary N) is 1. The van der Waals surface area contributed by atoms with Gasteiger partial charge in [0.05, 0.1) is 12.5 Å². The predicted molar refractivity (Wildman–Crippen MR) is 75.7 cm³/mol. The fourth-order valence-corrected chi connectivity index (χ4v) is 2.74. The van der Waals surface area contributed by atoms with E-state index in [9.17, 15) is 9.90 Å². The molecule has 1 rings (SSSR count). The molecule has 0 aromatic rings. The first-order valence-corrected chi connectivity index (χ1v) is 7.46. The van der Waals surface area contributed by atoms with Crippen LogP contribution in [0.25, 0.3) is 0 Å². The van der Waals surface area contributed by atoms with Gasteiger partial charge in [-0.05, 0) is 24.7 Å². The molecule has 1 amide bonds. The van der Waals surface area contributed by atoms with Gasteiger partial charge in [0.15, 0.2) is 0 Å². The van der Waals surface area contributed by atoms with E-state index in [1.165, 1.54) is 0 Å². The normalized spacial score (nSPS) is 23.4. The van der Waals surface area contributed by atoms with Crippen molar-refractivity contribution in [2.75, 3.05) is 19.8 Å². The molecule has 0 aromatic carbocycles. The van der Waals surface area contributed by atoms with Crippen molar-refractivity contribution in [1.82, 2.24) is 5.32 Å². The summed E-state index contributed by atoms with van der Waals surface area (Å²) in [6.07, 6.45) is 1.86. The first-order chi connectivity index (χ1) is 8.97. The Morgan fingerprint density at radius 2 is 2.00 bits per heavy atom. The highest BCUT2D eigenvalue weighted by Gasteiger charge is 2.31. The molecule has 4 nitrogen and oxygen atoms in total. The van der Waals surface area contributed by atoms with Crippen LogP contribution in [0.3, 0.4) is 0 Å². The van der Waals surface area contributed by atoms with Gasteiger partial charge in [0.2, 0.25) is 5.91 Å². The minimum atomic E-state index is -0.0264. The summed E-state index contributed by atoms with van der Waals surface area (Å²) < 4.78 is 5.37. The van der Waals surface area contributed by atoms with Crippen LogP contribution in [0.1, 0.15) is 40.5 Å². The van der Waals surface area contributed by atoms with Gasteiger partial charge in [-0.15, -0.1) is 0 Å². The zero-order chi connectivity index (χ0) is 14.4. The number of hydrogen-bond donors (Lipinski definition) is 2. The molecule has 3 atom stereocenters. The molecule has 1 fully saturated rings. The van der Waals surface area contributed by atoms with Gasteiger partial charge in [0.25, 0.3) is 0 Å². The number of aliphatic hydroxyl groups excluding tert-OH is 1. The topological polar surface area (TPSA) is 58.6 Å². The molecular weight excluding hydrogens is 242 g/mol. The highest BCUT2D eigenvalue weighted by molar-refractivity contribution is 5.79. The van der Waals surface area contributed by atoms with Crippen LogP contribution in [0.5, 0.6) is 0 Å². The van der Waals surface area contributed by atoms with Crippen LogP contribution in [-0.2, 0) is 9.53 Å². The third kappa shape index (κ3) is 4.77. The SMILES string of the molecule is CC(C)[C@@H](NC(=O)[C@@H]1CCCOC1)[C@@H](CO)C(C)C. The van der Waals surface area contributed by atoms with E-state index >= 15 is 0 Å². The van der Waals surface area contributed by atoms with E-state index in [0.29, 0.717) is 18.4 Å². The minimum absolute atomic E-state index is 0.0264. The third-order valence-electron chi connectivity index (χ3n) is 4.09. The van der Waals surface area contributed by atoms with Crippen LogP contribution in [-0.4, -0.2) is 36.9 Å². The number of aliphatic hydroxyl groups is 1. The molecule has 0 aromatic heterocycles. The van der Waals surface area contributed by atoms with Crippen LogP contribution in [0.4, 0.5) is 0 Å². The molecule has 0 unspecified atom stereocenters. The van der Waals surface area contributed by atoms with E-state index in [0.717, 1.165) is 19.4 Å². The molecule has 0 bridgehead atoms. The summed E-state index contributed by atoms with van der Waals surface area (Å²) in [4.78, 5) is 12.3. The van der Waals surface area contributed by atoms with E-state index in [1.54, 1.807) is 0 Å². The van der Waals surface area contributed by atoms with Crippen molar-refractivity contribution in [3.05, 3.63) is 0 Å². The zero-order valence-corrected chi connectivity index (χ0v) is 12.7. The molecule has 0 saturated carbocycles. The summed E-state index contributed by atoms with van der Waals surface area (Å²) >= 11 is 0. The summed E-state index contributed by atoms with van der Waals surface area (Å²) in [6, 6.07) is 0.0272. The van der Waals surface area contributed by atoms with Gasteiger partial charge in [-0.1, -0.05) is 27.7 Å². The van der Waals surface area contributed by atoms with Crippen molar-refractivity contribution in [3.63, 3.8) is 0 Å². The molecule has 0 spiro atoms. The second-order valence-electron chi connectivity index (χ2n) is 6.28. The van der Waals surface area contributed by atoms with Gasteiger partial charge >= 0.3 is 0 Å². The molecule has 0 aliphatic carbocycles. The first kappa shape index (κ1) is 16.4. The van der Waals surface area contributed by atoms with Crippen LogP contribution < -0.4 is 5.32 Å². The summed E-state index contributed by atoms with van der Waals surface area (Å²) in [5.41, 5.74) is 0. The minimum Gasteiger partial charge on any atom is -0.396 e. The summed E-state index contributed by atoms with van der Waals surface area (Å²) in [5.74, 6) is 0.820. The maximum atomic E-state index is 12.3. The molecule has 1 saturated heterocycles. The summed E-state index contributed by atoms with van der Waals surface area (Å²) in [6.45, 7) is 9.77. The standard InChI is InChI=1S/C15H29NO3/c1-10(2)13(8-17)14(11(3)4)16-15(18)12-6-5-7-19-9-12/h10-14,17H,5-9H2,1-4H3,(H,16,18)/t12-,13+,14-/m1/s1. The van der Waals surface area contributed by atoms with Crippen molar-refractivity contribution in [3.8, 4) is 0 Å². The third-order valence-corrected chi connectivity index (χ3v) is 4.09. The van der Waals surface area contributed by atoms with E-state index < -0.39 is 0 Å². The van der Waals surface area contributed by atoms with E-state index in [1.807, 2.05) is 0 Å². The molecule has 19 heavy (non-hydrogen) atoms. The molecule has 1 aliphatic rings. The zero-order valence-electron chi connectivity index (χ0n) is 12.7. The van der Waals surface area contributed by atoms with Crippen LogP contribution in [0.2, 0.25) is 0 Å². The molecule has 1 aliphatic heterocycles. The molecule has 1 heterocycles. The van der Waals surface area contributed by atoms with Crippen molar-refractivity contribution < 1.29 is 14.6 Å².